The first-order chi connectivity index (χ1) is 11.1. The maximum atomic E-state index is 11.7. The summed E-state index contributed by atoms with van der Waals surface area (Å²) in [5.41, 5.74) is 4.79. The van der Waals surface area contributed by atoms with E-state index in [2.05, 4.69) is 49.1 Å². The third kappa shape index (κ3) is 3.15. The van der Waals surface area contributed by atoms with Crippen molar-refractivity contribution in [2.75, 3.05) is 6.54 Å². The van der Waals surface area contributed by atoms with Crippen molar-refractivity contribution in [3.63, 3.8) is 0 Å². The quantitative estimate of drug-likeness (QED) is 0.930. The lowest BCUT2D eigenvalue weighted by molar-refractivity contribution is -0.142. The first-order valence-electron chi connectivity index (χ1n) is 8.18. The van der Waals surface area contributed by atoms with Crippen LogP contribution in [0.15, 0.2) is 48.5 Å². The predicted molar refractivity (Wildman–Crippen MR) is 91.6 cm³/mol. The SMILES string of the molecule is Cc1ccc(C)c(C(c2ccccc2)N2CCCC2C(=O)O)c1. The molecule has 1 aliphatic rings. The van der Waals surface area contributed by atoms with Crippen LogP contribution in [0, 0.1) is 13.8 Å². The Labute approximate surface area is 137 Å². The number of aryl methyl sites for hydroxylation is 2. The normalized spacial score (nSPS) is 19.7. The Bertz CT molecular complexity index is 696. The Kier molecular flexibility index (Phi) is 4.49. The molecule has 23 heavy (non-hydrogen) atoms. The first kappa shape index (κ1) is 15.8. The molecule has 0 aliphatic carbocycles. The maximum absolute atomic E-state index is 11.7. The number of nitrogens with zero attached hydrogens (tertiary/aromatic N) is 1. The minimum Gasteiger partial charge on any atom is -0.480 e. The zero-order valence-corrected chi connectivity index (χ0v) is 13.7. The van der Waals surface area contributed by atoms with E-state index in [9.17, 15) is 9.90 Å². The van der Waals surface area contributed by atoms with Crippen LogP contribution >= 0.6 is 0 Å². The molecule has 0 radical (unpaired) electrons. The third-order valence-electron chi connectivity index (χ3n) is 4.76. The molecule has 0 aromatic heterocycles. The van der Waals surface area contributed by atoms with Crippen LogP contribution in [-0.2, 0) is 4.79 Å². The number of hydrogen-bond acceptors (Lipinski definition) is 2. The topological polar surface area (TPSA) is 40.5 Å². The lowest BCUT2D eigenvalue weighted by Crippen LogP contribution is -2.39. The smallest absolute Gasteiger partial charge is 0.320 e. The van der Waals surface area contributed by atoms with Gasteiger partial charge in [0.1, 0.15) is 6.04 Å². The Hall–Kier alpha value is -2.13. The monoisotopic (exact) mass is 309 g/mol. The van der Waals surface area contributed by atoms with Crippen molar-refractivity contribution in [3.05, 3.63) is 70.8 Å². The highest BCUT2D eigenvalue weighted by Crippen LogP contribution is 2.36. The van der Waals surface area contributed by atoms with Gasteiger partial charge in [-0.15, -0.1) is 0 Å². The van der Waals surface area contributed by atoms with Crippen molar-refractivity contribution in [2.45, 2.75) is 38.8 Å². The van der Waals surface area contributed by atoms with Gasteiger partial charge in [-0.2, -0.15) is 0 Å². The number of hydrogen-bond donors (Lipinski definition) is 1. The minimum absolute atomic E-state index is 0.000278. The van der Waals surface area contributed by atoms with Gasteiger partial charge in [-0.3, -0.25) is 9.69 Å². The van der Waals surface area contributed by atoms with Crippen molar-refractivity contribution in [1.82, 2.24) is 4.90 Å². The summed E-state index contributed by atoms with van der Waals surface area (Å²) in [6.07, 6.45) is 1.66. The predicted octanol–water partition coefficient (Wildman–Crippen LogP) is 3.94. The molecule has 3 heteroatoms. The second-order valence-electron chi connectivity index (χ2n) is 6.41. The highest BCUT2D eigenvalue weighted by molar-refractivity contribution is 5.74. The van der Waals surface area contributed by atoms with Crippen LogP contribution in [-0.4, -0.2) is 28.6 Å². The molecule has 0 bridgehead atoms. The molecule has 0 saturated carbocycles. The van der Waals surface area contributed by atoms with E-state index in [-0.39, 0.29) is 6.04 Å². The summed E-state index contributed by atoms with van der Waals surface area (Å²) in [6.45, 7) is 5.02. The van der Waals surface area contributed by atoms with Gasteiger partial charge in [-0.25, -0.2) is 0 Å². The molecule has 2 aromatic carbocycles. The van der Waals surface area contributed by atoms with Crippen LogP contribution in [0.1, 0.15) is 41.1 Å². The Morgan fingerprint density at radius 3 is 2.61 bits per heavy atom. The lowest BCUT2D eigenvalue weighted by atomic mass is 9.92. The van der Waals surface area contributed by atoms with Crippen molar-refractivity contribution in [1.29, 1.82) is 0 Å². The number of carbonyl (C=O) groups is 1. The molecule has 2 unspecified atom stereocenters. The zero-order valence-electron chi connectivity index (χ0n) is 13.7. The van der Waals surface area contributed by atoms with E-state index in [1.807, 2.05) is 18.2 Å². The van der Waals surface area contributed by atoms with Gasteiger partial charge in [0.15, 0.2) is 0 Å². The van der Waals surface area contributed by atoms with E-state index in [4.69, 9.17) is 0 Å². The van der Waals surface area contributed by atoms with E-state index < -0.39 is 12.0 Å². The van der Waals surface area contributed by atoms with Crippen molar-refractivity contribution >= 4 is 5.97 Å². The third-order valence-corrected chi connectivity index (χ3v) is 4.76. The summed E-state index contributed by atoms with van der Waals surface area (Å²) in [6, 6.07) is 16.3. The molecule has 0 amide bonds. The molecule has 1 saturated heterocycles. The number of benzene rings is 2. The number of likely N-dealkylation sites (tertiary alicyclic amines) is 1. The Morgan fingerprint density at radius 1 is 1.17 bits per heavy atom. The second-order valence-corrected chi connectivity index (χ2v) is 6.41. The molecule has 3 nitrogen and oxygen atoms in total. The highest BCUT2D eigenvalue weighted by atomic mass is 16.4. The summed E-state index contributed by atoms with van der Waals surface area (Å²) in [7, 11) is 0. The fourth-order valence-electron chi connectivity index (χ4n) is 3.60. The van der Waals surface area contributed by atoms with Gasteiger partial charge in [0.05, 0.1) is 6.04 Å². The van der Waals surface area contributed by atoms with E-state index in [0.29, 0.717) is 0 Å². The van der Waals surface area contributed by atoms with Gasteiger partial charge < -0.3 is 5.11 Å². The first-order valence-corrected chi connectivity index (χ1v) is 8.18. The van der Waals surface area contributed by atoms with Crippen molar-refractivity contribution in [2.24, 2.45) is 0 Å². The molecule has 1 N–H and O–H groups in total. The molecule has 1 aliphatic heterocycles. The van der Waals surface area contributed by atoms with Gasteiger partial charge in [-0.05, 0) is 43.4 Å². The number of aliphatic carboxylic acids is 1. The number of rotatable bonds is 4. The number of carboxylic acid groups (broad SMARTS) is 1. The largest absolute Gasteiger partial charge is 0.480 e. The molecule has 1 fully saturated rings. The summed E-state index contributed by atoms with van der Waals surface area (Å²) in [5, 5.41) is 9.61. The van der Waals surface area contributed by atoms with E-state index in [0.717, 1.165) is 24.9 Å². The lowest BCUT2D eigenvalue weighted by Gasteiger charge is -2.33. The van der Waals surface area contributed by atoms with E-state index >= 15 is 0 Å². The molecule has 2 atom stereocenters. The Morgan fingerprint density at radius 2 is 1.91 bits per heavy atom. The number of carboxylic acids is 1. The maximum Gasteiger partial charge on any atom is 0.320 e. The minimum atomic E-state index is -0.714. The fraction of sp³-hybridized carbons (Fsp3) is 0.350. The molecule has 2 aromatic rings. The van der Waals surface area contributed by atoms with Gasteiger partial charge in [0.2, 0.25) is 0 Å². The van der Waals surface area contributed by atoms with Crippen LogP contribution in [0.3, 0.4) is 0 Å². The van der Waals surface area contributed by atoms with Crippen LogP contribution in [0.2, 0.25) is 0 Å². The van der Waals surface area contributed by atoms with E-state index in [1.54, 1.807) is 0 Å². The highest BCUT2D eigenvalue weighted by Gasteiger charge is 2.37. The van der Waals surface area contributed by atoms with Crippen molar-refractivity contribution < 1.29 is 9.90 Å². The van der Waals surface area contributed by atoms with Gasteiger partial charge in [0, 0.05) is 6.54 Å². The van der Waals surface area contributed by atoms with Gasteiger partial charge in [-0.1, -0.05) is 54.1 Å². The molecule has 1 heterocycles. The van der Waals surface area contributed by atoms with Gasteiger partial charge >= 0.3 is 5.97 Å². The molecule has 0 spiro atoms. The molecule has 120 valence electrons. The van der Waals surface area contributed by atoms with E-state index in [1.165, 1.54) is 16.7 Å². The van der Waals surface area contributed by atoms with Crippen LogP contribution in [0.4, 0.5) is 0 Å². The standard InChI is InChI=1S/C20H23NO2/c1-14-10-11-15(2)17(13-14)19(16-7-4-3-5-8-16)21-12-6-9-18(21)20(22)23/h3-5,7-8,10-11,13,18-19H,6,9,12H2,1-2H3,(H,22,23). The van der Waals surface area contributed by atoms with Crippen LogP contribution in [0.25, 0.3) is 0 Å². The Balaban J connectivity index is 2.11. The summed E-state index contributed by atoms with van der Waals surface area (Å²) >= 11 is 0. The summed E-state index contributed by atoms with van der Waals surface area (Å²) in [4.78, 5) is 13.8. The van der Waals surface area contributed by atoms with Crippen LogP contribution < -0.4 is 0 Å². The molecular formula is C20H23NO2. The average Bonchev–Trinajstić information content (AvgIpc) is 3.02. The summed E-state index contributed by atoms with van der Waals surface area (Å²) in [5.74, 6) is -0.714. The zero-order chi connectivity index (χ0) is 16.4. The van der Waals surface area contributed by atoms with Crippen LogP contribution in [0.5, 0.6) is 0 Å². The summed E-state index contributed by atoms with van der Waals surface area (Å²) < 4.78 is 0. The fourth-order valence-corrected chi connectivity index (χ4v) is 3.60. The average molecular weight is 309 g/mol. The second kappa shape index (κ2) is 6.55. The van der Waals surface area contributed by atoms with Crippen molar-refractivity contribution in [3.8, 4) is 0 Å². The molecule has 3 rings (SSSR count). The molecular weight excluding hydrogens is 286 g/mol. The van der Waals surface area contributed by atoms with Gasteiger partial charge in [0.25, 0.3) is 0 Å².